The molecular formula is C12H7N7OS. The van der Waals surface area contributed by atoms with Gasteiger partial charge in [0.15, 0.2) is 5.16 Å². The Morgan fingerprint density at radius 1 is 1.24 bits per heavy atom. The highest BCUT2D eigenvalue weighted by Gasteiger charge is 2.12. The van der Waals surface area contributed by atoms with Crippen molar-refractivity contribution in [2.75, 3.05) is 5.73 Å². The van der Waals surface area contributed by atoms with E-state index in [4.69, 9.17) is 15.4 Å². The van der Waals surface area contributed by atoms with Gasteiger partial charge in [-0.25, -0.2) is 9.97 Å². The summed E-state index contributed by atoms with van der Waals surface area (Å²) in [5.74, 6) is 0.491. The molecule has 0 aliphatic rings. The van der Waals surface area contributed by atoms with Gasteiger partial charge in [0, 0.05) is 29.7 Å². The third-order valence-corrected chi connectivity index (χ3v) is 3.15. The topological polar surface area (TPSA) is 127 Å². The van der Waals surface area contributed by atoms with Gasteiger partial charge in [-0.05, 0) is 12.1 Å². The SMILES string of the molecule is N#Cc1cnc(Sc2nnc(-c3ccncc3)o2)nc1N. The fourth-order valence-corrected chi connectivity index (χ4v) is 2.06. The molecule has 0 aliphatic heterocycles. The molecular weight excluding hydrogens is 290 g/mol. The standard InChI is InChI=1S/C12H7N7OS/c13-5-8-6-16-11(17-9(8)14)21-12-19-18-10(20-12)7-1-3-15-4-2-7/h1-4,6H,(H2,14,16,17). The summed E-state index contributed by atoms with van der Waals surface area (Å²) < 4.78 is 5.50. The number of hydrogen-bond donors (Lipinski definition) is 1. The average Bonchev–Trinajstić information content (AvgIpc) is 2.97. The van der Waals surface area contributed by atoms with Crippen LogP contribution in [0.15, 0.2) is 45.5 Å². The van der Waals surface area contributed by atoms with Crippen molar-refractivity contribution in [3.05, 3.63) is 36.3 Å². The zero-order valence-corrected chi connectivity index (χ0v) is 11.3. The van der Waals surface area contributed by atoms with Crippen LogP contribution < -0.4 is 5.73 Å². The summed E-state index contributed by atoms with van der Waals surface area (Å²) in [6.45, 7) is 0. The summed E-state index contributed by atoms with van der Waals surface area (Å²) in [6, 6.07) is 5.42. The number of aromatic nitrogens is 5. The summed E-state index contributed by atoms with van der Waals surface area (Å²) in [4.78, 5) is 11.9. The number of pyridine rings is 1. The van der Waals surface area contributed by atoms with E-state index in [9.17, 15) is 0 Å². The van der Waals surface area contributed by atoms with Crippen LogP contribution in [-0.4, -0.2) is 25.1 Å². The fraction of sp³-hybridized carbons (Fsp3) is 0. The van der Waals surface area contributed by atoms with Crippen LogP contribution in [0, 0.1) is 11.3 Å². The normalized spacial score (nSPS) is 10.2. The summed E-state index contributed by atoms with van der Waals surface area (Å²) in [6.07, 6.45) is 4.62. The molecule has 0 aromatic carbocycles. The maximum Gasteiger partial charge on any atom is 0.284 e. The second-order valence-corrected chi connectivity index (χ2v) is 4.69. The molecule has 0 amide bonds. The molecule has 0 aliphatic carbocycles. The lowest BCUT2D eigenvalue weighted by Crippen LogP contribution is -1.97. The predicted molar refractivity (Wildman–Crippen MR) is 72.8 cm³/mol. The average molecular weight is 297 g/mol. The van der Waals surface area contributed by atoms with E-state index in [-0.39, 0.29) is 16.6 Å². The molecule has 8 nitrogen and oxygen atoms in total. The maximum absolute atomic E-state index is 8.77. The summed E-state index contributed by atoms with van der Waals surface area (Å²) in [7, 11) is 0. The zero-order chi connectivity index (χ0) is 14.7. The number of nitriles is 1. The Morgan fingerprint density at radius 3 is 2.76 bits per heavy atom. The van der Waals surface area contributed by atoms with Gasteiger partial charge in [-0.2, -0.15) is 5.26 Å². The highest BCUT2D eigenvalue weighted by atomic mass is 32.2. The third-order valence-electron chi connectivity index (χ3n) is 2.43. The van der Waals surface area contributed by atoms with Crippen molar-refractivity contribution >= 4 is 17.6 Å². The third kappa shape index (κ3) is 2.80. The number of anilines is 1. The Hall–Kier alpha value is -2.99. The van der Waals surface area contributed by atoms with Crippen molar-refractivity contribution < 1.29 is 4.42 Å². The summed E-state index contributed by atoms with van der Waals surface area (Å²) in [5, 5.41) is 17.2. The van der Waals surface area contributed by atoms with Gasteiger partial charge in [-0.1, -0.05) is 0 Å². The number of nitrogens with two attached hydrogens (primary N) is 1. The number of nitrogen functional groups attached to an aromatic ring is 1. The van der Waals surface area contributed by atoms with Crippen molar-refractivity contribution in [3.63, 3.8) is 0 Å². The number of nitrogens with zero attached hydrogens (tertiary/aromatic N) is 6. The Kier molecular flexibility index (Phi) is 3.44. The molecule has 0 spiro atoms. The molecule has 21 heavy (non-hydrogen) atoms. The van der Waals surface area contributed by atoms with Gasteiger partial charge in [0.2, 0.25) is 5.89 Å². The molecule has 0 saturated heterocycles. The molecule has 3 heterocycles. The molecule has 0 radical (unpaired) electrons. The smallest absolute Gasteiger partial charge is 0.284 e. The highest BCUT2D eigenvalue weighted by Crippen LogP contribution is 2.27. The molecule has 0 bridgehead atoms. The minimum atomic E-state index is 0.115. The minimum absolute atomic E-state index is 0.115. The van der Waals surface area contributed by atoms with Crippen LogP contribution in [0.2, 0.25) is 0 Å². The largest absolute Gasteiger partial charge is 0.411 e. The zero-order valence-electron chi connectivity index (χ0n) is 10.5. The van der Waals surface area contributed by atoms with Gasteiger partial charge in [-0.15, -0.1) is 10.2 Å². The molecule has 0 unspecified atom stereocenters. The number of hydrogen-bond acceptors (Lipinski definition) is 9. The van der Waals surface area contributed by atoms with Gasteiger partial charge in [-0.3, -0.25) is 4.98 Å². The van der Waals surface area contributed by atoms with E-state index in [0.717, 1.165) is 17.3 Å². The highest BCUT2D eigenvalue weighted by molar-refractivity contribution is 7.98. The lowest BCUT2D eigenvalue weighted by molar-refractivity contribution is 0.465. The first-order valence-electron chi connectivity index (χ1n) is 5.70. The van der Waals surface area contributed by atoms with Gasteiger partial charge in [0.05, 0.1) is 6.20 Å². The Bertz CT molecular complexity index is 812. The van der Waals surface area contributed by atoms with Crippen molar-refractivity contribution in [2.45, 2.75) is 10.4 Å². The van der Waals surface area contributed by atoms with Crippen molar-refractivity contribution in [3.8, 4) is 17.5 Å². The van der Waals surface area contributed by atoms with E-state index >= 15 is 0 Å². The van der Waals surface area contributed by atoms with Crippen LogP contribution in [0.25, 0.3) is 11.5 Å². The van der Waals surface area contributed by atoms with Crippen molar-refractivity contribution in [2.24, 2.45) is 0 Å². The van der Waals surface area contributed by atoms with E-state index in [0.29, 0.717) is 11.0 Å². The molecule has 3 aromatic rings. The van der Waals surface area contributed by atoms with E-state index in [1.807, 2.05) is 6.07 Å². The van der Waals surface area contributed by atoms with Crippen LogP contribution in [-0.2, 0) is 0 Å². The molecule has 9 heteroatoms. The van der Waals surface area contributed by atoms with Crippen molar-refractivity contribution in [1.82, 2.24) is 25.1 Å². The van der Waals surface area contributed by atoms with E-state index in [1.54, 1.807) is 24.5 Å². The van der Waals surface area contributed by atoms with Crippen molar-refractivity contribution in [1.29, 1.82) is 5.26 Å². The summed E-state index contributed by atoms with van der Waals surface area (Å²) in [5.41, 5.74) is 6.61. The van der Waals surface area contributed by atoms with Crippen LogP contribution >= 0.6 is 11.8 Å². The number of rotatable bonds is 3. The molecule has 0 fully saturated rings. The molecule has 3 aromatic heterocycles. The second kappa shape index (κ2) is 5.56. The van der Waals surface area contributed by atoms with Gasteiger partial charge >= 0.3 is 0 Å². The monoisotopic (exact) mass is 297 g/mol. The first-order valence-corrected chi connectivity index (χ1v) is 6.52. The Balaban J connectivity index is 1.82. The van der Waals surface area contributed by atoms with Gasteiger partial charge in [0.25, 0.3) is 5.22 Å². The molecule has 3 rings (SSSR count). The van der Waals surface area contributed by atoms with Crippen LogP contribution in [0.5, 0.6) is 0 Å². The van der Waals surface area contributed by atoms with E-state index in [2.05, 4.69) is 25.1 Å². The lowest BCUT2D eigenvalue weighted by atomic mass is 10.3. The second-order valence-electron chi connectivity index (χ2n) is 3.77. The maximum atomic E-state index is 8.77. The van der Waals surface area contributed by atoms with E-state index < -0.39 is 0 Å². The Morgan fingerprint density at radius 2 is 2.05 bits per heavy atom. The van der Waals surface area contributed by atoms with E-state index in [1.165, 1.54) is 6.20 Å². The molecule has 0 atom stereocenters. The quantitative estimate of drug-likeness (QED) is 0.715. The molecule has 102 valence electrons. The van der Waals surface area contributed by atoms with Crippen LogP contribution in [0.3, 0.4) is 0 Å². The van der Waals surface area contributed by atoms with Gasteiger partial charge in [0.1, 0.15) is 17.5 Å². The first-order chi connectivity index (χ1) is 10.3. The minimum Gasteiger partial charge on any atom is -0.411 e. The van der Waals surface area contributed by atoms with Crippen LogP contribution in [0.1, 0.15) is 5.56 Å². The first kappa shape index (κ1) is 13.0. The lowest BCUT2D eigenvalue weighted by Gasteiger charge is -1.98. The Labute approximate surface area is 123 Å². The predicted octanol–water partition coefficient (Wildman–Crippen LogP) is 1.53. The fourth-order valence-electron chi connectivity index (χ4n) is 1.45. The summed E-state index contributed by atoms with van der Waals surface area (Å²) >= 11 is 1.07. The van der Waals surface area contributed by atoms with Gasteiger partial charge < -0.3 is 10.2 Å². The molecule has 0 saturated carbocycles. The molecule has 2 N–H and O–H groups in total. The van der Waals surface area contributed by atoms with Crippen LogP contribution in [0.4, 0.5) is 5.82 Å².